The molecule has 0 aliphatic carbocycles. The van der Waals surface area contributed by atoms with Gasteiger partial charge in [0, 0.05) is 17.5 Å². The van der Waals surface area contributed by atoms with Gasteiger partial charge in [-0.1, -0.05) is 43.7 Å². The summed E-state index contributed by atoms with van der Waals surface area (Å²) in [6, 6.07) is 14.9. The topological polar surface area (TPSA) is 68.6 Å². The van der Waals surface area contributed by atoms with Crippen molar-refractivity contribution in [2.45, 2.75) is 25.9 Å². The molecule has 138 valence electrons. The van der Waals surface area contributed by atoms with Crippen LogP contribution in [0.25, 0.3) is 17.0 Å². The van der Waals surface area contributed by atoms with Crippen molar-refractivity contribution in [1.29, 1.82) is 0 Å². The number of fused-ring (bicyclic) bond motifs is 2. The minimum atomic E-state index is -0.131. The molecule has 0 fully saturated rings. The van der Waals surface area contributed by atoms with Crippen LogP contribution in [0, 0.1) is 0 Å². The second-order valence-electron chi connectivity index (χ2n) is 6.75. The maximum Gasteiger partial charge on any atom is 0.141 e. The summed E-state index contributed by atoms with van der Waals surface area (Å²) < 4.78 is 0. The first kappa shape index (κ1) is 17.2. The Bertz CT molecular complexity index is 1000. The van der Waals surface area contributed by atoms with E-state index in [0.29, 0.717) is 5.52 Å². The molecular weight excluding hydrogens is 338 g/mol. The van der Waals surface area contributed by atoms with E-state index in [9.17, 15) is 10.2 Å². The summed E-state index contributed by atoms with van der Waals surface area (Å²) in [7, 11) is 0. The van der Waals surface area contributed by atoms with E-state index in [1.54, 1.807) is 12.1 Å². The highest BCUT2D eigenvalue weighted by Crippen LogP contribution is 2.34. The molecule has 0 amide bonds. The number of benzene rings is 2. The molecular formula is C22H23N3O2. The first-order chi connectivity index (χ1) is 13.2. The Hall–Kier alpha value is -3.21. The number of aromatic nitrogens is 1. The largest absolute Gasteiger partial charge is 0.506 e. The van der Waals surface area contributed by atoms with E-state index in [2.05, 4.69) is 23.2 Å². The third-order valence-corrected chi connectivity index (χ3v) is 4.89. The lowest BCUT2D eigenvalue weighted by Gasteiger charge is -2.34. The molecule has 4 rings (SSSR count). The van der Waals surface area contributed by atoms with Gasteiger partial charge in [0.05, 0.1) is 5.69 Å². The number of rotatable bonds is 5. The van der Waals surface area contributed by atoms with E-state index in [-0.39, 0.29) is 17.7 Å². The van der Waals surface area contributed by atoms with Gasteiger partial charge in [0.15, 0.2) is 0 Å². The maximum atomic E-state index is 10.2. The zero-order chi connectivity index (χ0) is 18.8. The molecule has 2 heterocycles. The molecule has 1 aliphatic rings. The predicted octanol–water partition coefficient (Wildman–Crippen LogP) is 4.72. The summed E-state index contributed by atoms with van der Waals surface area (Å²) in [5, 5.41) is 24.7. The molecule has 3 N–H and O–H groups in total. The minimum Gasteiger partial charge on any atom is -0.506 e. The third kappa shape index (κ3) is 3.28. The third-order valence-electron chi connectivity index (χ3n) is 4.89. The van der Waals surface area contributed by atoms with Gasteiger partial charge in [-0.05, 0) is 36.8 Å². The summed E-state index contributed by atoms with van der Waals surface area (Å²) in [4.78, 5) is 6.89. The van der Waals surface area contributed by atoms with Crippen molar-refractivity contribution in [3.63, 3.8) is 0 Å². The average Bonchev–Trinajstić information content (AvgIpc) is 2.69. The Morgan fingerprint density at radius 3 is 2.70 bits per heavy atom. The van der Waals surface area contributed by atoms with Gasteiger partial charge in [-0.3, -0.25) is 0 Å². The Labute approximate surface area is 158 Å². The molecule has 1 atom stereocenters. The molecule has 27 heavy (non-hydrogen) atoms. The number of unbranched alkanes of at least 4 members (excludes halogenated alkanes) is 1. The minimum absolute atomic E-state index is 0.131. The van der Waals surface area contributed by atoms with E-state index in [1.165, 1.54) is 0 Å². The lowest BCUT2D eigenvalue weighted by Crippen LogP contribution is -2.42. The number of pyridine rings is 1. The summed E-state index contributed by atoms with van der Waals surface area (Å²) >= 11 is 0. The SMILES string of the molecule is CCCCN(c1ccc2cccc(O)c2n1)C1C=Cc2cccc(O)c2N1. The predicted molar refractivity (Wildman–Crippen MR) is 110 cm³/mol. The molecule has 0 saturated carbocycles. The second kappa shape index (κ2) is 7.19. The second-order valence-corrected chi connectivity index (χ2v) is 6.75. The first-order valence-corrected chi connectivity index (χ1v) is 9.29. The van der Waals surface area contributed by atoms with E-state index in [0.717, 1.165) is 41.8 Å². The van der Waals surface area contributed by atoms with Gasteiger partial charge in [0.1, 0.15) is 29.0 Å². The van der Waals surface area contributed by atoms with Crippen LogP contribution in [0.2, 0.25) is 0 Å². The van der Waals surface area contributed by atoms with Crippen LogP contribution < -0.4 is 10.2 Å². The van der Waals surface area contributed by atoms with Crippen molar-refractivity contribution in [2.24, 2.45) is 0 Å². The number of anilines is 2. The molecule has 2 aromatic carbocycles. The van der Waals surface area contributed by atoms with Crippen LogP contribution in [-0.4, -0.2) is 27.9 Å². The van der Waals surface area contributed by atoms with E-state index >= 15 is 0 Å². The monoisotopic (exact) mass is 361 g/mol. The molecule has 3 aromatic rings. The van der Waals surface area contributed by atoms with Gasteiger partial charge in [0.2, 0.25) is 0 Å². The summed E-state index contributed by atoms with van der Waals surface area (Å²) in [5.74, 6) is 1.21. The van der Waals surface area contributed by atoms with Gasteiger partial charge in [0.25, 0.3) is 0 Å². The van der Waals surface area contributed by atoms with Crippen LogP contribution in [0.1, 0.15) is 25.3 Å². The smallest absolute Gasteiger partial charge is 0.141 e. The number of hydrogen-bond donors (Lipinski definition) is 3. The van der Waals surface area contributed by atoms with Crippen molar-refractivity contribution in [3.05, 3.63) is 60.2 Å². The van der Waals surface area contributed by atoms with Crippen molar-refractivity contribution in [3.8, 4) is 11.5 Å². The molecule has 0 radical (unpaired) electrons. The van der Waals surface area contributed by atoms with Crippen LogP contribution in [0.3, 0.4) is 0 Å². The van der Waals surface area contributed by atoms with Crippen LogP contribution in [0.15, 0.2) is 54.6 Å². The highest BCUT2D eigenvalue weighted by atomic mass is 16.3. The van der Waals surface area contributed by atoms with E-state index in [1.807, 2.05) is 42.5 Å². The number of phenolic OH excluding ortho intramolecular Hbond substituents is 2. The Balaban J connectivity index is 1.72. The molecule has 0 saturated heterocycles. The van der Waals surface area contributed by atoms with Crippen molar-refractivity contribution in [1.82, 2.24) is 4.98 Å². The van der Waals surface area contributed by atoms with Crippen LogP contribution >= 0.6 is 0 Å². The average molecular weight is 361 g/mol. The van der Waals surface area contributed by atoms with E-state index < -0.39 is 0 Å². The highest BCUT2D eigenvalue weighted by molar-refractivity contribution is 5.86. The molecule has 1 aliphatic heterocycles. The Morgan fingerprint density at radius 1 is 1.04 bits per heavy atom. The lowest BCUT2D eigenvalue weighted by atomic mass is 10.1. The van der Waals surface area contributed by atoms with Crippen molar-refractivity contribution in [2.75, 3.05) is 16.8 Å². The highest BCUT2D eigenvalue weighted by Gasteiger charge is 2.23. The number of phenols is 2. The zero-order valence-corrected chi connectivity index (χ0v) is 15.3. The van der Waals surface area contributed by atoms with Gasteiger partial charge in [-0.15, -0.1) is 0 Å². The molecule has 0 bridgehead atoms. The first-order valence-electron chi connectivity index (χ1n) is 9.29. The van der Waals surface area contributed by atoms with Gasteiger partial charge in [-0.2, -0.15) is 0 Å². The van der Waals surface area contributed by atoms with Gasteiger partial charge >= 0.3 is 0 Å². The zero-order valence-electron chi connectivity index (χ0n) is 15.3. The Morgan fingerprint density at radius 2 is 1.85 bits per heavy atom. The number of aromatic hydroxyl groups is 2. The summed E-state index contributed by atoms with van der Waals surface area (Å²) in [6.45, 7) is 2.97. The van der Waals surface area contributed by atoms with Gasteiger partial charge in [-0.25, -0.2) is 4.98 Å². The van der Waals surface area contributed by atoms with E-state index in [4.69, 9.17) is 4.98 Å². The summed E-state index contributed by atoms with van der Waals surface area (Å²) in [6.07, 6.45) is 6.04. The molecule has 5 nitrogen and oxygen atoms in total. The van der Waals surface area contributed by atoms with Crippen LogP contribution in [0.5, 0.6) is 11.5 Å². The number of para-hydroxylation sites is 2. The quantitative estimate of drug-likeness (QED) is 0.574. The summed E-state index contributed by atoms with van der Waals surface area (Å²) in [5.41, 5.74) is 2.29. The van der Waals surface area contributed by atoms with Gasteiger partial charge < -0.3 is 20.4 Å². The van der Waals surface area contributed by atoms with Crippen LogP contribution in [-0.2, 0) is 0 Å². The number of nitrogens with zero attached hydrogens (tertiary/aromatic N) is 2. The lowest BCUT2D eigenvalue weighted by molar-refractivity contribution is 0.476. The van der Waals surface area contributed by atoms with Crippen molar-refractivity contribution < 1.29 is 10.2 Å². The normalized spacial score (nSPS) is 15.4. The molecule has 0 spiro atoms. The molecule has 5 heteroatoms. The Kier molecular flexibility index (Phi) is 4.59. The fourth-order valence-corrected chi connectivity index (χ4v) is 3.43. The maximum absolute atomic E-state index is 10.2. The number of hydrogen-bond acceptors (Lipinski definition) is 5. The fraction of sp³-hybridized carbons (Fsp3) is 0.227. The standard InChI is InChI=1S/C22H23N3O2/c1-2-3-14-25(19-12-10-15-6-4-8-17(26)21(15)23-19)20-13-11-16-7-5-9-18(27)22(16)24-20/h4-13,19,23,26-27H,2-3,14H2,1H3. The van der Waals surface area contributed by atoms with Crippen LogP contribution in [0.4, 0.5) is 11.5 Å². The number of nitrogens with one attached hydrogen (secondary N) is 1. The molecule has 1 unspecified atom stereocenters. The fourth-order valence-electron chi connectivity index (χ4n) is 3.43. The van der Waals surface area contributed by atoms with Crippen molar-refractivity contribution >= 4 is 28.5 Å². The molecule has 1 aromatic heterocycles.